The Balaban J connectivity index is 0.00000210. The third-order valence-electron chi connectivity index (χ3n) is 4.72. The summed E-state index contributed by atoms with van der Waals surface area (Å²) in [6, 6.07) is 11.3. The molecule has 0 spiro atoms. The van der Waals surface area contributed by atoms with Gasteiger partial charge >= 0.3 is 0 Å². The molecule has 1 aliphatic heterocycles. The maximum absolute atomic E-state index is 13.0. The second-order valence-corrected chi connectivity index (χ2v) is 8.38. The molecule has 7 nitrogen and oxygen atoms in total. The van der Waals surface area contributed by atoms with Crippen LogP contribution in [0.25, 0.3) is 11.0 Å². The van der Waals surface area contributed by atoms with Gasteiger partial charge in [0.05, 0.1) is 0 Å². The van der Waals surface area contributed by atoms with Crippen LogP contribution in [0.5, 0.6) is 0 Å². The van der Waals surface area contributed by atoms with E-state index in [1.54, 1.807) is 22.6 Å². The number of H-pyrrole nitrogens is 1. The fourth-order valence-corrected chi connectivity index (χ4v) is 4.93. The van der Waals surface area contributed by atoms with Gasteiger partial charge in [-0.15, -0.1) is 12.4 Å². The van der Waals surface area contributed by atoms with Crippen LogP contribution in [0.2, 0.25) is 0 Å². The Bertz CT molecular complexity index is 1030. The Kier molecular flexibility index (Phi) is 5.71. The fraction of sp³-hybridized carbons (Fsp3) is 0.278. The Labute approximate surface area is 164 Å². The van der Waals surface area contributed by atoms with E-state index < -0.39 is 10.0 Å². The van der Waals surface area contributed by atoms with Crippen molar-refractivity contribution in [3.63, 3.8) is 0 Å². The number of nitrogens with zero attached hydrogens (tertiary/aromatic N) is 3. The van der Waals surface area contributed by atoms with E-state index in [1.165, 1.54) is 6.20 Å². The summed E-state index contributed by atoms with van der Waals surface area (Å²) in [6.07, 6.45) is 3.18. The molecule has 0 bridgehead atoms. The van der Waals surface area contributed by atoms with Crippen LogP contribution in [0.3, 0.4) is 0 Å². The minimum atomic E-state index is -3.53. The lowest BCUT2D eigenvalue weighted by Crippen LogP contribution is -2.48. The normalized spacial score (nSPS) is 16.3. The first-order chi connectivity index (χ1) is 12.5. The van der Waals surface area contributed by atoms with Crippen molar-refractivity contribution in [2.45, 2.75) is 11.4 Å². The van der Waals surface area contributed by atoms with Crippen LogP contribution >= 0.6 is 12.4 Å². The monoisotopic (exact) mass is 407 g/mol. The van der Waals surface area contributed by atoms with Crippen LogP contribution in [-0.2, 0) is 16.6 Å². The lowest BCUT2D eigenvalue weighted by molar-refractivity contribution is 0.181. The predicted octanol–water partition coefficient (Wildman–Crippen LogP) is 2.07. The number of pyridine rings is 1. The van der Waals surface area contributed by atoms with Crippen LogP contribution in [0.4, 0.5) is 5.69 Å². The molecule has 1 saturated heterocycles. The summed E-state index contributed by atoms with van der Waals surface area (Å²) in [4.78, 5) is 9.65. The zero-order valence-corrected chi connectivity index (χ0v) is 16.3. The molecule has 1 aromatic carbocycles. The highest BCUT2D eigenvalue weighted by atomic mass is 35.5. The van der Waals surface area contributed by atoms with Crippen LogP contribution in [-0.4, -0.2) is 53.8 Å². The molecular formula is C18H22ClN5O2S. The van der Waals surface area contributed by atoms with E-state index in [9.17, 15) is 8.42 Å². The molecule has 0 atom stereocenters. The second kappa shape index (κ2) is 7.85. The smallest absolute Gasteiger partial charge is 0.245 e. The van der Waals surface area contributed by atoms with Gasteiger partial charge in [0.1, 0.15) is 10.5 Å². The average molecular weight is 408 g/mol. The zero-order chi connectivity index (χ0) is 18.1. The van der Waals surface area contributed by atoms with Gasteiger partial charge in [-0.05, 0) is 29.8 Å². The quantitative estimate of drug-likeness (QED) is 0.645. The molecule has 144 valence electrons. The zero-order valence-electron chi connectivity index (χ0n) is 14.7. The highest BCUT2D eigenvalue weighted by molar-refractivity contribution is 7.89. The number of nitrogens with two attached hydrogens (primary N) is 1. The molecule has 1 aliphatic rings. The van der Waals surface area contributed by atoms with Crippen LogP contribution in [0.15, 0.2) is 53.7 Å². The number of sulfonamides is 1. The molecule has 3 N–H and O–H groups in total. The van der Waals surface area contributed by atoms with Gasteiger partial charge in [0.25, 0.3) is 0 Å². The summed E-state index contributed by atoms with van der Waals surface area (Å²) in [6.45, 7) is 3.09. The van der Waals surface area contributed by atoms with Crippen molar-refractivity contribution in [1.82, 2.24) is 19.2 Å². The van der Waals surface area contributed by atoms with Crippen molar-refractivity contribution in [2.24, 2.45) is 0 Å². The lowest BCUT2D eigenvalue weighted by atomic mass is 10.2. The number of halogens is 1. The number of piperazine rings is 1. The Hall–Kier alpha value is -2.13. The van der Waals surface area contributed by atoms with E-state index in [4.69, 9.17) is 5.73 Å². The van der Waals surface area contributed by atoms with Crippen LogP contribution in [0.1, 0.15) is 5.56 Å². The highest BCUT2D eigenvalue weighted by Gasteiger charge is 2.30. The number of hydrogen-bond donors (Lipinski definition) is 2. The topological polar surface area (TPSA) is 95.3 Å². The fourth-order valence-electron chi connectivity index (χ4n) is 3.36. The second-order valence-electron chi connectivity index (χ2n) is 6.48. The van der Waals surface area contributed by atoms with Crippen molar-refractivity contribution in [3.05, 3.63) is 54.4 Å². The number of hydrogen-bond acceptors (Lipinski definition) is 5. The van der Waals surface area contributed by atoms with Gasteiger partial charge in [0.15, 0.2) is 0 Å². The SMILES string of the molecule is Cl.Nc1cccc(CN2CCN(S(=O)(=O)c3c[nH]c4ncccc34)CC2)c1. The first-order valence-electron chi connectivity index (χ1n) is 8.53. The number of nitrogens with one attached hydrogen (secondary N) is 1. The Morgan fingerprint density at radius 2 is 1.89 bits per heavy atom. The van der Waals surface area contributed by atoms with Crippen molar-refractivity contribution < 1.29 is 8.42 Å². The van der Waals surface area contributed by atoms with Crippen LogP contribution in [0, 0.1) is 0 Å². The number of fused-ring (bicyclic) bond motifs is 1. The largest absolute Gasteiger partial charge is 0.399 e. The third kappa shape index (κ3) is 3.93. The number of rotatable bonds is 4. The van der Waals surface area contributed by atoms with Gasteiger partial charge < -0.3 is 10.7 Å². The molecule has 0 radical (unpaired) electrons. The van der Waals surface area contributed by atoms with Gasteiger partial charge in [0.2, 0.25) is 10.0 Å². The highest BCUT2D eigenvalue weighted by Crippen LogP contribution is 2.25. The van der Waals surface area contributed by atoms with Crippen molar-refractivity contribution >= 4 is 39.2 Å². The van der Waals surface area contributed by atoms with E-state index in [0.29, 0.717) is 42.1 Å². The molecule has 27 heavy (non-hydrogen) atoms. The third-order valence-corrected chi connectivity index (χ3v) is 6.66. The van der Waals surface area contributed by atoms with E-state index in [0.717, 1.165) is 17.8 Å². The van der Waals surface area contributed by atoms with Gasteiger partial charge in [0, 0.05) is 56.2 Å². The number of aromatic nitrogens is 2. The maximum atomic E-state index is 13.0. The predicted molar refractivity (Wildman–Crippen MR) is 108 cm³/mol. The summed E-state index contributed by atoms with van der Waals surface area (Å²) in [5.74, 6) is 0. The van der Waals surface area contributed by atoms with E-state index >= 15 is 0 Å². The molecule has 0 aliphatic carbocycles. The first-order valence-corrected chi connectivity index (χ1v) is 9.97. The number of aromatic amines is 1. The molecule has 0 unspecified atom stereocenters. The number of nitrogen functional groups attached to an aromatic ring is 1. The minimum absolute atomic E-state index is 0. The molecule has 4 rings (SSSR count). The molecule has 0 amide bonds. The van der Waals surface area contributed by atoms with Crippen molar-refractivity contribution in [1.29, 1.82) is 0 Å². The minimum Gasteiger partial charge on any atom is -0.399 e. The van der Waals surface area contributed by atoms with E-state index in [-0.39, 0.29) is 12.4 Å². The first kappa shape index (κ1) is 19.6. The number of anilines is 1. The summed E-state index contributed by atoms with van der Waals surface area (Å²) >= 11 is 0. The molecular weight excluding hydrogens is 386 g/mol. The van der Waals surface area contributed by atoms with Crippen molar-refractivity contribution in [3.8, 4) is 0 Å². The summed E-state index contributed by atoms with van der Waals surface area (Å²) < 4.78 is 27.6. The molecule has 1 fully saturated rings. The molecule has 3 aromatic rings. The standard InChI is InChI=1S/C18H21N5O2S.ClH/c19-15-4-1-3-14(11-15)13-22-7-9-23(10-8-22)26(24,25)17-12-21-18-16(17)5-2-6-20-18;/h1-6,11-12H,7-10,13,19H2,(H,20,21);1H. The van der Waals surface area contributed by atoms with Gasteiger partial charge in [-0.2, -0.15) is 4.31 Å². The average Bonchev–Trinajstić information content (AvgIpc) is 3.07. The summed E-state index contributed by atoms with van der Waals surface area (Å²) in [5.41, 5.74) is 8.31. The lowest BCUT2D eigenvalue weighted by Gasteiger charge is -2.33. The van der Waals surface area contributed by atoms with Gasteiger partial charge in [-0.3, -0.25) is 4.90 Å². The Morgan fingerprint density at radius 1 is 1.11 bits per heavy atom. The molecule has 9 heteroatoms. The van der Waals surface area contributed by atoms with E-state index in [1.807, 2.05) is 24.3 Å². The number of benzene rings is 1. The van der Waals surface area contributed by atoms with Crippen molar-refractivity contribution in [2.75, 3.05) is 31.9 Å². The Morgan fingerprint density at radius 3 is 2.63 bits per heavy atom. The summed E-state index contributed by atoms with van der Waals surface area (Å²) in [7, 11) is -3.53. The molecule has 3 heterocycles. The van der Waals surface area contributed by atoms with Gasteiger partial charge in [-0.1, -0.05) is 12.1 Å². The molecule has 0 saturated carbocycles. The summed E-state index contributed by atoms with van der Waals surface area (Å²) in [5, 5.41) is 0.634. The van der Waals surface area contributed by atoms with E-state index in [2.05, 4.69) is 14.9 Å². The van der Waals surface area contributed by atoms with Crippen LogP contribution < -0.4 is 5.73 Å². The molecule has 2 aromatic heterocycles. The van der Waals surface area contributed by atoms with Gasteiger partial charge in [-0.25, -0.2) is 13.4 Å². The maximum Gasteiger partial charge on any atom is 0.245 e.